The minimum absolute atomic E-state index is 0.183. The van der Waals surface area contributed by atoms with Crippen molar-refractivity contribution in [2.75, 3.05) is 6.54 Å². The molecule has 2 saturated carbocycles. The third-order valence-corrected chi connectivity index (χ3v) is 4.61. The van der Waals surface area contributed by atoms with Crippen LogP contribution in [0.4, 0.5) is 4.79 Å². The predicted octanol–water partition coefficient (Wildman–Crippen LogP) is 3.47. The minimum Gasteiger partial charge on any atom is -0.444 e. The molecule has 0 radical (unpaired) electrons. The van der Waals surface area contributed by atoms with Crippen molar-refractivity contribution >= 4 is 12.0 Å². The first-order chi connectivity index (χ1) is 10.8. The highest BCUT2D eigenvalue weighted by molar-refractivity contribution is 5.78. The lowest BCUT2D eigenvalue weighted by atomic mass is 9.86. The highest BCUT2D eigenvalue weighted by Gasteiger charge is 2.38. The van der Waals surface area contributed by atoms with E-state index in [1.54, 1.807) is 0 Å². The average Bonchev–Trinajstić information content (AvgIpc) is 3.24. The lowest BCUT2D eigenvalue weighted by Crippen LogP contribution is -2.45. The summed E-state index contributed by atoms with van der Waals surface area (Å²) in [6.45, 7) is 8.13. The molecule has 0 aliphatic heterocycles. The summed E-state index contributed by atoms with van der Waals surface area (Å²) < 4.78 is 5.19. The highest BCUT2D eigenvalue weighted by Crippen LogP contribution is 2.35. The number of amides is 2. The van der Waals surface area contributed by atoms with Crippen molar-refractivity contribution in [1.82, 2.24) is 10.2 Å². The maximum Gasteiger partial charge on any atom is 0.407 e. The van der Waals surface area contributed by atoms with Gasteiger partial charge in [0.2, 0.25) is 5.91 Å². The molecule has 5 heteroatoms. The van der Waals surface area contributed by atoms with Gasteiger partial charge in [-0.05, 0) is 65.2 Å². The fraction of sp³-hybridized carbons (Fsp3) is 0.889. The van der Waals surface area contributed by atoms with Crippen molar-refractivity contribution in [3.63, 3.8) is 0 Å². The summed E-state index contributed by atoms with van der Waals surface area (Å²) in [4.78, 5) is 26.4. The van der Waals surface area contributed by atoms with Gasteiger partial charge in [0, 0.05) is 25.0 Å². The molecule has 0 saturated heterocycles. The number of nitrogens with zero attached hydrogens (tertiary/aromatic N) is 1. The number of hydrogen-bond acceptors (Lipinski definition) is 3. The molecule has 0 bridgehead atoms. The van der Waals surface area contributed by atoms with E-state index in [9.17, 15) is 9.59 Å². The Morgan fingerprint density at radius 3 is 2.04 bits per heavy atom. The zero-order valence-corrected chi connectivity index (χ0v) is 15.1. The first-order valence-electron chi connectivity index (χ1n) is 9.04. The first-order valence-corrected chi connectivity index (χ1v) is 9.04. The molecule has 0 atom stereocenters. The number of nitrogens with one attached hydrogen (secondary N) is 1. The van der Waals surface area contributed by atoms with Crippen molar-refractivity contribution in [3.05, 3.63) is 0 Å². The topological polar surface area (TPSA) is 58.6 Å². The van der Waals surface area contributed by atoms with E-state index in [0.29, 0.717) is 25.0 Å². The molecular formula is C18H32N2O3. The van der Waals surface area contributed by atoms with Crippen LogP contribution >= 0.6 is 0 Å². The normalized spacial score (nSPS) is 24.9. The van der Waals surface area contributed by atoms with E-state index in [1.165, 1.54) is 12.8 Å². The van der Waals surface area contributed by atoms with E-state index in [2.05, 4.69) is 17.1 Å². The van der Waals surface area contributed by atoms with Crippen LogP contribution in [0.1, 0.15) is 72.6 Å². The van der Waals surface area contributed by atoms with Crippen LogP contribution < -0.4 is 5.32 Å². The monoisotopic (exact) mass is 324 g/mol. The van der Waals surface area contributed by atoms with E-state index in [0.717, 1.165) is 31.6 Å². The fourth-order valence-electron chi connectivity index (χ4n) is 3.29. The quantitative estimate of drug-likeness (QED) is 0.842. The number of carbonyl (C=O) groups excluding carboxylic acids is 2. The van der Waals surface area contributed by atoms with Crippen LogP contribution in [0.3, 0.4) is 0 Å². The Hall–Kier alpha value is -1.26. The minimum atomic E-state index is -0.507. The maximum absolute atomic E-state index is 12.6. The molecule has 0 unspecified atom stereocenters. The highest BCUT2D eigenvalue weighted by atomic mass is 16.6. The lowest BCUT2D eigenvalue weighted by molar-refractivity contribution is -0.135. The van der Waals surface area contributed by atoms with Gasteiger partial charge in [-0.25, -0.2) is 4.79 Å². The second-order valence-corrected chi connectivity index (χ2v) is 8.12. The van der Waals surface area contributed by atoms with Gasteiger partial charge in [-0.15, -0.1) is 0 Å². The molecule has 2 rings (SSSR count). The first kappa shape index (κ1) is 18.1. The van der Waals surface area contributed by atoms with Gasteiger partial charge in [0.15, 0.2) is 0 Å². The zero-order chi connectivity index (χ0) is 17.0. The second kappa shape index (κ2) is 7.54. The molecule has 2 amide bonds. The summed E-state index contributed by atoms with van der Waals surface area (Å²) in [7, 11) is 0. The molecular weight excluding hydrogens is 292 g/mol. The third kappa shape index (κ3) is 6.04. The molecule has 2 aliphatic rings. The Morgan fingerprint density at radius 1 is 1.04 bits per heavy atom. The molecule has 1 N–H and O–H groups in total. The standard InChI is InChI=1S/C18H32N2O3/c1-13-5-7-14(8-6-13)20(15-9-10-15)16(21)11-12-19-17(22)23-18(2,3)4/h13-15H,5-12H2,1-4H3,(H,19,22). The number of ether oxygens (including phenoxy) is 1. The van der Waals surface area contributed by atoms with Gasteiger partial charge >= 0.3 is 6.09 Å². The van der Waals surface area contributed by atoms with Crippen LogP contribution in [0.2, 0.25) is 0 Å². The largest absolute Gasteiger partial charge is 0.444 e. The van der Waals surface area contributed by atoms with E-state index in [1.807, 2.05) is 20.8 Å². The Balaban J connectivity index is 1.77. The van der Waals surface area contributed by atoms with Gasteiger partial charge < -0.3 is 15.0 Å². The summed E-state index contributed by atoms with van der Waals surface area (Å²) in [5.74, 6) is 0.972. The predicted molar refractivity (Wildman–Crippen MR) is 90.1 cm³/mol. The zero-order valence-electron chi connectivity index (χ0n) is 15.1. The molecule has 132 valence electrons. The Morgan fingerprint density at radius 2 is 1.57 bits per heavy atom. The Labute approximate surface area is 140 Å². The van der Waals surface area contributed by atoms with Crippen molar-refractivity contribution in [2.24, 2.45) is 5.92 Å². The van der Waals surface area contributed by atoms with Gasteiger partial charge in [-0.2, -0.15) is 0 Å². The van der Waals surface area contributed by atoms with Crippen LogP contribution in [-0.2, 0) is 9.53 Å². The molecule has 5 nitrogen and oxygen atoms in total. The third-order valence-electron chi connectivity index (χ3n) is 4.61. The summed E-state index contributed by atoms with van der Waals surface area (Å²) in [5.41, 5.74) is -0.507. The number of rotatable bonds is 5. The van der Waals surface area contributed by atoms with Crippen molar-refractivity contribution in [3.8, 4) is 0 Å². The second-order valence-electron chi connectivity index (χ2n) is 8.12. The smallest absolute Gasteiger partial charge is 0.407 e. The Kier molecular flexibility index (Phi) is 5.93. The molecule has 23 heavy (non-hydrogen) atoms. The summed E-state index contributed by atoms with van der Waals surface area (Å²) >= 11 is 0. The Bertz CT molecular complexity index is 418. The van der Waals surface area contributed by atoms with Crippen LogP contribution in [0.15, 0.2) is 0 Å². The fourth-order valence-corrected chi connectivity index (χ4v) is 3.29. The molecule has 0 aromatic heterocycles. The summed E-state index contributed by atoms with van der Waals surface area (Å²) in [6, 6.07) is 0.857. The van der Waals surface area contributed by atoms with Gasteiger partial charge in [-0.3, -0.25) is 4.79 Å². The maximum atomic E-state index is 12.6. The van der Waals surface area contributed by atoms with Crippen LogP contribution in [0, 0.1) is 5.92 Å². The van der Waals surface area contributed by atoms with E-state index < -0.39 is 11.7 Å². The molecule has 0 aromatic rings. The SMILES string of the molecule is CC1CCC(N(C(=O)CCNC(=O)OC(C)(C)C)C2CC2)CC1. The number of carbonyl (C=O) groups is 2. The molecule has 0 spiro atoms. The van der Waals surface area contributed by atoms with Crippen LogP contribution in [0.5, 0.6) is 0 Å². The van der Waals surface area contributed by atoms with Gasteiger partial charge in [0.05, 0.1) is 0 Å². The number of hydrogen-bond donors (Lipinski definition) is 1. The lowest BCUT2D eigenvalue weighted by Gasteiger charge is -2.36. The van der Waals surface area contributed by atoms with Gasteiger partial charge in [0.25, 0.3) is 0 Å². The average molecular weight is 324 g/mol. The van der Waals surface area contributed by atoms with E-state index >= 15 is 0 Å². The van der Waals surface area contributed by atoms with E-state index in [4.69, 9.17) is 4.74 Å². The van der Waals surface area contributed by atoms with Crippen molar-refractivity contribution < 1.29 is 14.3 Å². The van der Waals surface area contributed by atoms with Crippen LogP contribution in [-0.4, -0.2) is 41.1 Å². The van der Waals surface area contributed by atoms with Crippen molar-refractivity contribution in [2.45, 2.75) is 90.3 Å². The molecule has 0 heterocycles. The van der Waals surface area contributed by atoms with E-state index in [-0.39, 0.29) is 5.91 Å². The van der Waals surface area contributed by atoms with Crippen LogP contribution in [0.25, 0.3) is 0 Å². The molecule has 2 aliphatic carbocycles. The number of alkyl carbamates (subject to hydrolysis) is 1. The molecule has 0 aromatic carbocycles. The van der Waals surface area contributed by atoms with Gasteiger partial charge in [0.1, 0.15) is 5.60 Å². The van der Waals surface area contributed by atoms with Gasteiger partial charge in [-0.1, -0.05) is 6.92 Å². The summed E-state index contributed by atoms with van der Waals surface area (Å²) in [6.07, 6.45) is 6.88. The van der Waals surface area contributed by atoms with Crippen molar-refractivity contribution in [1.29, 1.82) is 0 Å². The molecule has 2 fully saturated rings. The summed E-state index contributed by atoms with van der Waals surface area (Å²) in [5, 5.41) is 2.69.